The zero-order valence-corrected chi connectivity index (χ0v) is 7.33. The molecule has 0 aliphatic carbocycles. The van der Waals surface area contributed by atoms with E-state index in [9.17, 15) is 0 Å². The number of aromatic nitrogens is 2. The molecule has 0 saturated carbocycles. The lowest BCUT2D eigenvalue weighted by atomic mass is 10.1. The van der Waals surface area contributed by atoms with Crippen molar-refractivity contribution in [2.75, 3.05) is 5.73 Å². The molecule has 3 rings (SSSR count). The quantitative estimate of drug-likeness (QED) is 0.657. The third-order valence-electron chi connectivity index (χ3n) is 2.71. The van der Waals surface area contributed by atoms with Gasteiger partial charge in [0.15, 0.2) is 0 Å². The fourth-order valence-electron chi connectivity index (χ4n) is 2.13. The molecule has 1 aromatic heterocycles. The van der Waals surface area contributed by atoms with Gasteiger partial charge in [0.05, 0.1) is 11.0 Å². The van der Waals surface area contributed by atoms with E-state index in [0.717, 1.165) is 18.5 Å². The molecule has 1 aromatic carbocycles. The topological polar surface area (TPSA) is 43.8 Å². The Labute approximate surface area is 76.2 Å². The van der Waals surface area contributed by atoms with Gasteiger partial charge in [0.2, 0.25) is 5.95 Å². The standard InChI is InChI=1S/C10H11N3/c11-10-12-8-5-1-3-7-4-2-6-13(10)9(7)8/h1,3,5H,2,4,6H2,(H2,11,12). The molecule has 2 N–H and O–H groups in total. The summed E-state index contributed by atoms with van der Waals surface area (Å²) in [6.07, 6.45) is 2.33. The maximum atomic E-state index is 5.82. The molecule has 0 saturated heterocycles. The number of nitrogens with zero attached hydrogens (tertiary/aromatic N) is 2. The molecule has 2 heterocycles. The maximum absolute atomic E-state index is 5.82. The molecule has 66 valence electrons. The van der Waals surface area contributed by atoms with E-state index in [1.54, 1.807) is 0 Å². The van der Waals surface area contributed by atoms with Gasteiger partial charge in [-0.25, -0.2) is 4.98 Å². The van der Waals surface area contributed by atoms with Crippen LogP contribution in [0.3, 0.4) is 0 Å². The van der Waals surface area contributed by atoms with Crippen LogP contribution in [0.5, 0.6) is 0 Å². The molecule has 13 heavy (non-hydrogen) atoms. The number of anilines is 1. The zero-order chi connectivity index (χ0) is 8.84. The first-order chi connectivity index (χ1) is 6.36. The Kier molecular flexibility index (Phi) is 1.20. The third kappa shape index (κ3) is 0.813. The van der Waals surface area contributed by atoms with E-state index in [-0.39, 0.29) is 0 Å². The van der Waals surface area contributed by atoms with E-state index in [2.05, 4.69) is 21.7 Å². The minimum absolute atomic E-state index is 0.655. The molecule has 0 fully saturated rings. The smallest absolute Gasteiger partial charge is 0.201 e. The Hall–Kier alpha value is -1.51. The van der Waals surface area contributed by atoms with Crippen molar-refractivity contribution in [2.24, 2.45) is 0 Å². The molecule has 0 radical (unpaired) electrons. The second kappa shape index (κ2) is 2.25. The van der Waals surface area contributed by atoms with Crippen LogP contribution in [-0.4, -0.2) is 9.55 Å². The second-order valence-electron chi connectivity index (χ2n) is 3.51. The lowest BCUT2D eigenvalue weighted by Gasteiger charge is -2.14. The van der Waals surface area contributed by atoms with E-state index >= 15 is 0 Å². The number of hydrogen-bond acceptors (Lipinski definition) is 2. The molecule has 3 heteroatoms. The number of hydrogen-bond donors (Lipinski definition) is 1. The summed E-state index contributed by atoms with van der Waals surface area (Å²) in [5.41, 5.74) is 9.48. The van der Waals surface area contributed by atoms with Crippen LogP contribution in [0.2, 0.25) is 0 Å². The molecule has 0 bridgehead atoms. The first-order valence-electron chi connectivity index (χ1n) is 4.60. The van der Waals surface area contributed by atoms with Gasteiger partial charge in [-0.2, -0.15) is 0 Å². The van der Waals surface area contributed by atoms with Crippen molar-refractivity contribution < 1.29 is 0 Å². The van der Waals surface area contributed by atoms with Gasteiger partial charge in [-0.15, -0.1) is 0 Å². The fraction of sp³-hybridized carbons (Fsp3) is 0.300. The highest BCUT2D eigenvalue weighted by atomic mass is 15.2. The second-order valence-corrected chi connectivity index (χ2v) is 3.51. The zero-order valence-electron chi connectivity index (χ0n) is 7.33. The van der Waals surface area contributed by atoms with Crippen LogP contribution in [0.15, 0.2) is 18.2 Å². The van der Waals surface area contributed by atoms with Crippen molar-refractivity contribution in [1.29, 1.82) is 0 Å². The van der Waals surface area contributed by atoms with Crippen LogP contribution in [-0.2, 0) is 13.0 Å². The van der Waals surface area contributed by atoms with E-state index < -0.39 is 0 Å². The number of nitrogen functional groups attached to an aromatic ring is 1. The van der Waals surface area contributed by atoms with Gasteiger partial charge in [0.25, 0.3) is 0 Å². The Morgan fingerprint density at radius 2 is 2.31 bits per heavy atom. The van der Waals surface area contributed by atoms with E-state index in [0.29, 0.717) is 5.95 Å². The van der Waals surface area contributed by atoms with Crippen LogP contribution < -0.4 is 5.73 Å². The molecule has 1 aliphatic rings. The Morgan fingerprint density at radius 1 is 1.38 bits per heavy atom. The van der Waals surface area contributed by atoms with Crippen LogP contribution in [0.4, 0.5) is 5.95 Å². The predicted octanol–water partition coefficient (Wildman–Crippen LogP) is 1.56. The van der Waals surface area contributed by atoms with Gasteiger partial charge in [0, 0.05) is 6.54 Å². The Bertz CT molecular complexity index is 470. The van der Waals surface area contributed by atoms with Crippen molar-refractivity contribution in [3.05, 3.63) is 23.8 Å². The molecule has 0 amide bonds. The molecule has 1 aliphatic heterocycles. The molecule has 2 aromatic rings. The Morgan fingerprint density at radius 3 is 3.23 bits per heavy atom. The highest BCUT2D eigenvalue weighted by Crippen LogP contribution is 2.26. The summed E-state index contributed by atoms with van der Waals surface area (Å²) < 4.78 is 2.12. The number of para-hydroxylation sites is 1. The molecular weight excluding hydrogens is 162 g/mol. The number of benzene rings is 1. The molecule has 3 nitrogen and oxygen atoms in total. The van der Waals surface area contributed by atoms with E-state index in [1.807, 2.05) is 6.07 Å². The summed E-state index contributed by atoms with van der Waals surface area (Å²) in [5.74, 6) is 0.655. The fourth-order valence-corrected chi connectivity index (χ4v) is 2.13. The molecule has 0 unspecified atom stereocenters. The van der Waals surface area contributed by atoms with Gasteiger partial charge in [-0.1, -0.05) is 12.1 Å². The SMILES string of the molecule is Nc1nc2cccc3c2n1CCC3. The maximum Gasteiger partial charge on any atom is 0.201 e. The van der Waals surface area contributed by atoms with Crippen molar-refractivity contribution in [1.82, 2.24) is 9.55 Å². The summed E-state index contributed by atoms with van der Waals surface area (Å²) in [4.78, 5) is 4.33. The Balaban J connectivity index is 2.51. The van der Waals surface area contributed by atoms with Gasteiger partial charge < -0.3 is 10.3 Å². The molecule has 0 atom stereocenters. The summed E-state index contributed by atoms with van der Waals surface area (Å²) >= 11 is 0. The monoisotopic (exact) mass is 173 g/mol. The number of imidazole rings is 1. The van der Waals surface area contributed by atoms with E-state index in [1.165, 1.54) is 17.5 Å². The predicted molar refractivity (Wildman–Crippen MR) is 52.5 cm³/mol. The van der Waals surface area contributed by atoms with Gasteiger partial charge in [-0.05, 0) is 24.5 Å². The third-order valence-corrected chi connectivity index (χ3v) is 2.71. The summed E-state index contributed by atoms with van der Waals surface area (Å²) in [7, 11) is 0. The summed E-state index contributed by atoms with van der Waals surface area (Å²) in [5, 5.41) is 0. The minimum Gasteiger partial charge on any atom is -0.369 e. The normalized spacial score (nSPS) is 15.1. The lowest BCUT2D eigenvalue weighted by molar-refractivity contribution is 0.639. The lowest BCUT2D eigenvalue weighted by Crippen LogP contribution is -2.09. The average molecular weight is 173 g/mol. The number of rotatable bonds is 0. The first-order valence-corrected chi connectivity index (χ1v) is 4.60. The van der Waals surface area contributed by atoms with Gasteiger partial charge in [-0.3, -0.25) is 0 Å². The minimum atomic E-state index is 0.655. The van der Waals surface area contributed by atoms with Crippen molar-refractivity contribution in [3.63, 3.8) is 0 Å². The largest absolute Gasteiger partial charge is 0.369 e. The average Bonchev–Trinajstić information content (AvgIpc) is 2.47. The van der Waals surface area contributed by atoms with Crippen LogP contribution in [0.1, 0.15) is 12.0 Å². The molecule has 0 spiro atoms. The van der Waals surface area contributed by atoms with Crippen molar-refractivity contribution in [2.45, 2.75) is 19.4 Å². The van der Waals surface area contributed by atoms with E-state index in [4.69, 9.17) is 5.73 Å². The highest BCUT2D eigenvalue weighted by Gasteiger charge is 2.15. The van der Waals surface area contributed by atoms with Crippen LogP contribution in [0.25, 0.3) is 11.0 Å². The first kappa shape index (κ1) is 6.95. The molecular formula is C10H11N3. The van der Waals surface area contributed by atoms with Gasteiger partial charge in [0.1, 0.15) is 0 Å². The number of aryl methyl sites for hydroxylation is 2. The van der Waals surface area contributed by atoms with Crippen LogP contribution >= 0.6 is 0 Å². The highest BCUT2D eigenvalue weighted by molar-refractivity contribution is 5.82. The number of nitrogens with two attached hydrogens (primary N) is 1. The summed E-state index contributed by atoms with van der Waals surface area (Å²) in [6.45, 7) is 1.01. The van der Waals surface area contributed by atoms with Crippen molar-refractivity contribution >= 4 is 17.0 Å². The summed E-state index contributed by atoms with van der Waals surface area (Å²) in [6, 6.07) is 6.25. The van der Waals surface area contributed by atoms with Crippen LogP contribution in [0, 0.1) is 0 Å². The van der Waals surface area contributed by atoms with Gasteiger partial charge >= 0.3 is 0 Å². The van der Waals surface area contributed by atoms with Crippen molar-refractivity contribution in [3.8, 4) is 0 Å².